The van der Waals surface area contributed by atoms with Gasteiger partial charge < -0.3 is 13.9 Å². The number of furan rings is 1. The highest BCUT2D eigenvalue weighted by Gasteiger charge is 2.36. The summed E-state index contributed by atoms with van der Waals surface area (Å²) < 4.78 is 9.06. The molecule has 0 fully saturated rings. The van der Waals surface area contributed by atoms with Gasteiger partial charge in [-0.05, 0) is 117 Å². The molecule has 3 heteroatoms. The summed E-state index contributed by atoms with van der Waals surface area (Å²) in [5.74, 6) is 0. The molecule has 2 aromatic heterocycles. The highest BCUT2D eigenvalue weighted by molar-refractivity contribution is 6.15. The molecule has 0 spiro atoms. The van der Waals surface area contributed by atoms with Crippen molar-refractivity contribution in [2.24, 2.45) is 0 Å². The number of para-hydroxylation sites is 2. The van der Waals surface area contributed by atoms with Crippen LogP contribution in [0.1, 0.15) is 37.0 Å². The standard InChI is InChI=1S/C56H40N2O/c1-56(2)48-20-11-9-18-43(48)44-29-28-42(35-49(44)56)57(41-27-24-37(32-41)36-14-5-3-6-15-36)52-22-13-23-54-55(52)47-34-39(26-31-53(47)59-54)38-25-30-51-46(33-38)45-19-10-12-21-50(45)58(51)40-16-7-4-8-17-40/h3-31,33-35H,32H2,1-2H3. The van der Waals surface area contributed by atoms with Gasteiger partial charge in [0.2, 0.25) is 0 Å². The van der Waals surface area contributed by atoms with E-state index in [-0.39, 0.29) is 5.41 Å². The molecule has 0 amide bonds. The number of hydrogen-bond donors (Lipinski definition) is 0. The van der Waals surface area contributed by atoms with Crippen molar-refractivity contribution in [2.45, 2.75) is 25.7 Å². The van der Waals surface area contributed by atoms with Crippen molar-refractivity contribution in [1.29, 1.82) is 0 Å². The second-order valence-electron chi connectivity index (χ2n) is 16.5. The molecule has 2 heterocycles. The largest absolute Gasteiger partial charge is 0.456 e. The summed E-state index contributed by atoms with van der Waals surface area (Å²) in [4.78, 5) is 2.49. The Balaban J connectivity index is 1.03. The predicted molar refractivity (Wildman–Crippen MR) is 247 cm³/mol. The molecule has 0 radical (unpaired) electrons. The van der Waals surface area contributed by atoms with Crippen LogP contribution in [0, 0.1) is 0 Å². The Bertz CT molecular complexity index is 3380. The van der Waals surface area contributed by atoms with E-state index in [0.717, 1.165) is 51.0 Å². The Morgan fingerprint density at radius 1 is 0.508 bits per heavy atom. The normalized spacial score (nSPS) is 14.2. The average molecular weight is 757 g/mol. The van der Waals surface area contributed by atoms with Crippen LogP contribution in [0.2, 0.25) is 0 Å². The van der Waals surface area contributed by atoms with Gasteiger partial charge in [0.05, 0.1) is 22.1 Å². The lowest BCUT2D eigenvalue weighted by Gasteiger charge is -2.30. The molecule has 0 unspecified atom stereocenters. The van der Waals surface area contributed by atoms with Crippen LogP contribution in [0.15, 0.2) is 204 Å². The van der Waals surface area contributed by atoms with Gasteiger partial charge in [0.25, 0.3) is 0 Å². The second-order valence-corrected chi connectivity index (χ2v) is 16.5. The fraction of sp³-hybridized carbons (Fsp3) is 0.0714. The van der Waals surface area contributed by atoms with E-state index in [0.29, 0.717) is 0 Å². The van der Waals surface area contributed by atoms with E-state index in [4.69, 9.17) is 4.42 Å². The van der Waals surface area contributed by atoms with Gasteiger partial charge in [0.1, 0.15) is 11.2 Å². The minimum Gasteiger partial charge on any atom is -0.456 e. The van der Waals surface area contributed by atoms with Gasteiger partial charge >= 0.3 is 0 Å². The highest BCUT2D eigenvalue weighted by Crippen LogP contribution is 2.52. The van der Waals surface area contributed by atoms with E-state index in [2.05, 4.69) is 217 Å². The summed E-state index contributed by atoms with van der Waals surface area (Å²) in [6.07, 6.45) is 5.42. The number of allylic oxidation sites excluding steroid dienone is 3. The molecule has 3 nitrogen and oxygen atoms in total. The molecular formula is C56H40N2O. The van der Waals surface area contributed by atoms with Crippen LogP contribution >= 0.6 is 0 Å². The second kappa shape index (κ2) is 12.8. The third kappa shape index (κ3) is 5.14. The SMILES string of the molecule is CC1(C)c2ccccc2-c2ccc(N(C3=CC=C(c4ccccc4)C3)c3cccc4oc5ccc(-c6ccc7c(c6)c6ccccc6n7-c6ccccc6)cc5c34)cc21. The van der Waals surface area contributed by atoms with Crippen molar-refractivity contribution in [3.8, 4) is 27.9 Å². The summed E-state index contributed by atoms with van der Waals surface area (Å²) in [5, 5.41) is 4.70. The summed E-state index contributed by atoms with van der Waals surface area (Å²) in [5.41, 5.74) is 19.0. The van der Waals surface area contributed by atoms with E-state index in [1.807, 2.05) is 0 Å². The number of benzene rings is 8. The first-order valence-corrected chi connectivity index (χ1v) is 20.6. The number of aromatic nitrogens is 1. The first kappa shape index (κ1) is 33.7. The van der Waals surface area contributed by atoms with Crippen LogP contribution in [0.4, 0.5) is 11.4 Å². The molecule has 2 aliphatic rings. The van der Waals surface area contributed by atoms with Crippen molar-refractivity contribution in [3.05, 3.63) is 217 Å². The van der Waals surface area contributed by atoms with Gasteiger partial charge in [-0.2, -0.15) is 0 Å². The van der Waals surface area contributed by atoms with E-state index >= 15 is 0 Å². The van der Waals surface area contributed by atoms with E-state index in [1.54, 1.807) is 0 Å². The molecule has 0 saturated carbocycles. The first-order valence-electron chi connectivity index (χ1n) is 20.6. The van der Waals surface area contributed by atoms with E-state index in [1.165, 1.54) is 66.5 Å². The Morgan fingerprint density at radius 2 is 1.22 bits per heavy atom. The third-order valence-corrected chi connectivity index (χ3v) is 12.8. The smallest absolute Gasteiger partial charge is 0.137 e. The zero-order valence-electron chi connectivity index (χ0n) is 33.0. The molecule has 0 atom stereocenters. The quantitative estimate of drug-likeness (QED) is 0.168. The lowest BCUT2D eigenvalue weighted by atomic mass is 9.82. The molecule has 2 aliphatic carbocycles. The zero-order chi connectivity index (χ0) is 39.2. The molecule has 59 heavy (non-hydrogen) atoms. The summed E-state index contributed by atoms with van der Waals surface area (Å²) in [6, 6.07) is 66.2. The maximum absolute atomic E-state index is 6.69. The van der Waals surface area contributed by atoms with Crippen LogP contribution in [-0.2, 0) is 5.41 Å². The Morgan fingerprint density at radius 3 is 2.08 bits per heavy atom. The molecule has 8 aromatic carbocycles. The monoisotopic (exact) mass is 756 g/mol. The highest BCUT2D eigenvalue weighted by atomic mass is 16.3. The van der Waals surface area contributed by atoms with Gasteiger partial charge in [-0.1, -0.05) is 135 Å². The van der Waals surface area contributed by atoms with E-state index < -0.39 is 0 Å². The lowest BCUT2D eigenvalue weighted by molar-refractivity contribution is 0.660. The lowest BCUT2D eigenvalue weighted by Crippen LogP contribution is -2.19. The van der Waals surface area contributed by atoms with Crippen molar-refractivity contribution < 1.29 is 4.42 Å². The Kier molecular flexibility index (Phi) is 7.34. The Labute approximate surface area is 343 Å². The first-order chi connectivity index (χ1) is 29.0. The summed E-state index contributed by atoms with van der Waals surface area (Å²) in [7, 11) is 0. The fourth-order valence-corrected chi connectivity index (χ4v) is 9.99. The average Bonchev–Trinajstić information content (AvgIpc) is 4.05. The van der Waals surface area contributed by atoms with Gasteiger partial charge in [0, 0.05) is 45.1 Å². The number of hydrogen-bond acceptors (Lipinski definition) is 2. The number of nitrogens with zero attached hydrogens (tertiary/aromatic N) is 2. The molecular weight excluding hydrogens is 717 g/mol. The third-order valence-electron chi connectivity index (χ3n) is 12.8. The molecule has 12 rings (SSSR count). The molecule has 0 aliphatic heterocycles. The molecule has 10 aromatic rings. The Hall–Kier alpha value is -7.36. The van der Waals surface area contributed by atoms with Crippen molar-refractivity contribution >= 4 is 60.7 Å². The molecule has 280 valence electrons. The molecule has 0 N–H and O–H groups in total. The number of fused-ring (bicyclic) bond motifs is 9. The van der Waals surface area contributed by atoms with Gasteiger partial charge in [-0.15, -0.1) is 0 Å². The van der Waals surface area contributed by atoms with Crippen LogP contribution in [0.25, 0.3) is 77.3 Å². The fourth-order valence-electron chi connectivity index (χ4n) is 9.99. The van der Waals surface area contributed by atoms with E-state index in [9.17, 15) is 0 Å². The minimum absolute atomic E-state index is 0.122. The van der Waals surface area contributed by atoms with Gasteiger partial charge in [0.15, 0.2) is 0 Å². The maximum Gasteiger partial charge on any atom is 0.137 e. The topological polar surface area (TPSA) is 21.3 Å². The summed E-state index contributed by atoms with van der Waals surface area (Å²) >= 11 is 0. The van der Waals surface area contributed by atoms with Crippen molar-refractivity contribution in [1.82, 2.24) is 4.57 Å². The van der Waals surface area contributed by atoms with Crippen LogP contribution in [-0.4, -0.2) is 4.57 Å². The predicted octanol–water partition coefficient (Wildman–Crippen LogP) is 15.2. The van der Waals surface area contributed by atoms with Crippen LogP contribution in [0.3, 0.4) is 0 Å². The van der Waals surface area contributed by atoms with Gasteiger partial charge in [-0.25, -0.2) is 0 Å². The van der Waals surface area contributed by atoms with Crippen molar-refractivity contribution in [3.63, 3.8) is 0 Å². The van der Waals surface area contributed by atoms with Gasteiger partial charge in [-0.3, -0.25) is 0 Å². The number of anilines is 2. The van der Waals surface area contributed by atoms with Crippen LogP contribution < -0.4 is 4.90 Å². The molecule has 0 bridgehead atoms. The van der Waals surface area contributed by atoms with Crippen LogP contribution in [0.5, 0.6) is 0 Å². The summed E-state index contributed by atoms with van der Waals surface area (Å²) in [6.45, 7) is 4.72. The molecule has 0 saturated heterocycles. The van der Waals surface area contributed by atoms with Crippen molar-refractivity contribution in [2.75, 3.05) is 4.90 Å². The maximum atomic E-state index is 6.69. The number of rotatable bonds is 6. The zero-order valence-corrected chi connectivity index (χ0v) is 33.0. The minimum atomic E-state index is -0.122.